The van der Waals surface area contributed by atoms with Gasteiger partial charge in [0, 0.05) is 0 Å². The lowest BCUT2D eigenvalue weighted by Crippen LogP contribution is -2.33. The SMILES string of the molecule is CCCCCCCC1CCC2C[C@H](C(=O)O)CC[C@@H]2C1. The highest BCUT2D eigenvalue weighted by molar-refractivity contribution is 5.70. The van der Waals surface area contributed by atoms with Gasteiger partial charge in [-0.25, -0.2) is 0 Å². The van der Waals surface area contributed by atoms with Crippen molar-refractivity contribution in [1.29, 1.82) is 0 Å². The van der Waals surface area contributed by atoms with Crippen molar-refractivity contribution in [2.45, 2.75) is 84.0 Å². The van der Waals surface area contributed by atoms with Crippen molar-refractivity contribution in [3.8, 4) is 0 Å². The molecule has 0 aromatic carbocycles. The van der Waals surface area contributed by atoms with Gasteiger partial charge in [0.2, 0.25) is 0 Å². The highest BCUT2D eigenvalue weighted by Gasteiger charge is 2.37. The van der Waals surface area contributed by atoms with E-state index in [9.17, 15) is 4.79 Å². The Labute approximate surface area is 124 Å². The van der Waals surface area contributed by atoms with Gasteiger partial charge in [0.25, 0.3) is 0 Å². The molecule has 2 saturated carbocycles. The van der Waals surface area contributed by atoms with Crippen molar-refractivity contribution in [2.75, 3.05) is 0 Å². The lowest BCUT2D eigenvalue weighted by molar-refractivity contribution is -0.144. The number of carbonyl (C=O) groups is 1. The van der Waals surface area contributed by atoms with Gasteiger partial charge in [0.05, 0.1) is 5.92 Å². The second-order valence-electron chi connectivity index (χ2n) is 7.25. The Hall–Kier alpha value is -0.530. The highest BCUT2D eigenvalue weighted by Crippen LogP contribution is 2.45. The van der Waals surface area contributed by atoms with Gasteiger partial charge in [0.1, 0.15) is 0 Å². The number of hydrogen-bond donors (Lipinski definition) is 1. The molecule has 116 valence electrons. The Morgan fingerprint density at radius 2 is 1.65 bits per heavy atom. The van der Waals surface area contributed by atoms with E-state index in [2.05, 4.69) is 6.92 Å². The molecule has 20 heavy (non-hydrogen) atoms. The van der Waals surface area contributed by atoms with Gasteiger partial charge in [0.15, 0.2) is 0 Å². The lowest BCUT2D eigenvalue weighted by Gasteiger charge is -2.41. The maximum Gasteiger partial charge on any atom is 0.306 e. The first-order valence-electron chi connectivity index (χ1n) is 8.93. The normalized spacial score (nSPS) is 33.6. The molecule has 0 aromatic rings. The third kappa shape index (κ3) is 4.49. The number of fused-ring (bicyclic) bond motifs is 1. The number of carboxylic acids is 1. The summed E-state index contributed by atoms with van der Waals surface area (Å²) in [6, 6.07) is 0. The summed E-state index contributed by atoms with van der Waals surface area (Å²) in [7, 11) is 0. The first-order chi connectivity index (χ1) is 9.70. The Morgan fingerprint density at radius 3 is 2.40 bits per heavy atom. The van der Waals surface area contributed by atoms with Gasteiger partial charge in [-0.2, -0.15) is 0 Å². The van der Waals surface area contributed by atoms with Crippen LogP contribution >= 0.6 is 0 Å². The summed E-state index contributed by atoms with van der Waals surface area (Å²) in [5.41, 5.74) is 0. The zero-order valence-corrected chi connectivity index (χ0v) is 13.2. The first-order valence-corrected chi connectivity index (χ1v) is 8.93. The minimum absolute atomic E-state index is 0.0400. The second kappa shape index (κ2) is 8.05. The molecule has 0 amide bonds. The Morgan fingerprint density at radius 1 is 0.950 bits per heavy atom. The molecule has 0 saturated heterocycles. The third-order valence-electron chi connectivity index (χ3n) is 5.79. The Kier molecular flexibility index (Phi) is 6.38. The van der Waals surface area contributed by atoms with Gasteiger partial charge in [-0.05, 0) is 49.9 Å². The fraction of sp³-hybridized carbons (Fsp3) is 0.944. The van der Waals surface area contributed by atoms with Gasteiger partial charge in [-0.3, -0.25) is 4.79 Å². The summed E-state index contributed by atoms with van der Waals surface area (Å²) >= 11 is 0. The van der Waals surface area contributed by atoms with Crippen LogP contribution in [-0.4, -0.2) is 11.1 Å². The van der Waals surface area contributed by atoms with Crippen LogP contribution in [0.2, 0.25) is 0 Å². The van der Waals surface area contributed by atoms with Gasteiger partial charge < -0.3 is 5.11 Å². The van der Waals surface area contributed by atoms with Gasteiger partial charge in [-0.1, -0.05) is 51.9 Å². The molecular weight excluding hydrogens is 248 g/mol. The maximum absolute atomic E-state index is 11.1. The molecule has 2 aliphatic rings. The van der Waals surface area contributed by atoms with Crippen LogP contribution in [-0.2, 0) is 4.79 Å². The third-order valence-corrected chi connectivity index (χ3v) is 5.79. The molecule has 2 rings (SSSR count). The summed E-state index contributed by atoms with van der Waals surface area (Å²) in [6.45, 7) is 2.27. The van der Waals surface area contributed by atoms with E-state index in [0.29, 0.717) is 0 Å². The zero-order valence-electron chi connectivity index (χ0n) is 13.2. The Balaban J connectivity index is 1.66. The predicted octanol–water partition coefficient (Wildman–Crippen LogP) is 5.26. The van der Waals surface area contributed by atoms with Crippen LogP contribution in [0.4, 0.5) is 0 Å². The summed E-state index contributed by atoms with van der Waals surface area (Å²) in [5.74, 6) is 1.92. The molecule has 0 heterocycles. The van der Waals surface area contributed by atoms with E-state index in [4.69, 9.17) is 5.11 Å². The van der Waals surface area contributed by atoms with E-state index in [1.54, 1.807) is 0 Å². The minimum atomic E-state index is -0.554. The van der Waals surface area contributed by atoms with E-state index in [0.717, 1.165) is 30.6 Å². The average Bonchev–Trinajstić information content (AvgIpc) is 2.46. The topological polar surface area (TPSA) is 37.3 Å². The second-order valence-corrected chi connectivity index (χ2v) is 7.25. The van der Waals surface area contributed by atoms with Crippen molar-refractivity contribution in [1.82, 2.24) is 0 Å². The largest absolute Gasteiger partial charge is 0.481 e. The fourth-order valence-electron chi connectivity index (χ4n) is 4.51. The van der Waals surface area contributed by atoms with Gasteiger partial charge >= 0.3 is 5.97 Å². The van der Waals surface area contributed by atoms with Crippen LogP contribution in [0.25, 0.3) is 0 Å². The van der Waals surface area contributed by atoms with Crippen molar-refractivity contribution >= 4 is 5.97 Å². The molecule has 2 fully saturated rings. The maximum atomic E-state index is 11.1. The molecule has 0 spiro atoms. The first kappa shape index (κ1) is 15.9. The smallest absolute Gasteiger partial charge is 0.306 e. The molecule has 2 unspecified atom stereocenters. The van der Waals surface area contributed by atoms with Crippen LogP contribution in [0.3, 0.4) is 0 Å². The molecule has 0 radical (unpaired) electrons. The molecule has 0 aliphatic heterocycles. The Bertz CT molecular complexity index is 300. The molecule has 4 atom stereocenters. The van der Waals surface area contributed by atoms with Crippen molar-refractivity contribution < 1.29 is 9.90 Å². The van der Waals surface area contributed by atoms with Crippen LogP contribution in [0, 0.1) is 23.7 Å². The molecular formula is C18H32O2. The number of aliphatic carboxylic acids is 1. The summed E-state index contributed by atoms with van der Waals surface area (Å²) in [4.78, 5) is 11.1. The van der Waals surface area contributed by atoms with Crippen LogP contribution < -0.4 is 0 Å². The average molecular weight is 280 g/mol. The zero-order chi connectivity index (χ0) is 14.4. The van der Waals surface area contributed by atoms with Crippen molar-refractivity contribution in [2.24, 2.45) is 23.7 Å². The predicted molar refractivity (Wildman–Crippen MR) is 82.7 cm³/mol. The quantitative estimate of drug-likeness (QED) is 0.645. The monoisotopic (exact) mass is 280 g/mol. The molecule has 2 heteroatoms. The summed E-state index contributed by atoms with van der Waals surface area (Å²) in [6.07, 6.45) is 15.5. The minimum Gasteiger partial charge on any atom is -0.481 e. The van der Waals surface area contributed by atoms with E-state index in [1.807, 2.05) is 0 Å². The summed E-state index contributed by atoms with van der Waals surface area (Å²) < 4.78 is 0. The van der Waals surface area contributed by atoms with Crippen molar-refractivity contribution in [3.05, 3.63) is 0 Å². The van der Waals surface area contributed by atoms with E-state index >= 15 is 0 Å². The van der Waals surface area contributed by atoms with Gasteiger partial charge in [-0.15, -0.1) is 0 Å². The van der Waals surface area contributed by atoms with E-state index in [-0.39, 0.29) is 5.92 Å². The lowest BCUT2D eigenvalue weighted by atomic mass is 9.64. The van der Waals surface area contributed by atoms with E-state index in [1.165, 1.54) is 64.2 Å². The van der Waals surface area contributed by atoms with Crippen LogP contribution in [0.1, 0.15) is 84.0 Å². The highest BCUT2D eigenvalue weighted by atomic mass is 16.4. The van der Waals surface area contributed by atoms with Crippen molar-refractivity contribution in [3.63, 3.8) is 0 Å². The number of carboxylic acid groups (broad SMARTS) is 1. The number of hydrogen-bond acceptors (Lipinski definition) is 1. The van der Waals surface area contributed by atoms with Crippen LogP contribution in [0.5, 0.6) is 0 Å². The molecule has 2 nitrogen and oxygen atoms in total. The standard InChI is InChI=1S/C18H32O2/c1-2-3-4-5-6-7-14-8-9-16-13-17(18(19)20)11-10-15(16)12-14/h14-17H,2-13H2,1H3,(H,19,20)/t14?,15-,16?,17-/m1/s1. The molecule has 0 bridgehead atoms. The molecule has 0 aromatic heterocycles. The fourth-order valence-corrected chi connectivity index (χ4v) is 4.51. The number of rotatable bonds is 7. The molecule has 2 aliphatic carbocycles. The van der Waals surface area contributed by atoms with E-state index < -0.39 is 5.97 Å². The molecule has 1 N–H and O–H groups in total. The summed E-state index contributed by atoms with van der Waals surface area (Å²) in [5, 5.41) is 9.17. The van der Waals surface area contributed by atoms with Crippen LogP contribution in [0.15, 0.2) is 0 Å². The number of unbranched alkanes of at least 4 members (excludes halogenated alkanes) is 4.